The predicted molar refractivity (Wildman–Crippen MR) is 109 cm³/mol. The summed E-state index contributed by atoms with van der Waals surface area (Å²) in [7, 11) is 1.53. The van der Waals surface area contributed by atoms with E-state index in [0.29, 0.717) is 17.0 Å². The number of amides is 2. The zero-order chi connectivity index (χ0) is 20.1. The maximum atomic E-state index is 12.6. The van der Waals surface area contributed by atoms with Gasteiger partial charge in [0, 0.05) is 17.4 Å². The smallest absolute Gasteiger partial charge is 0.274 e. The Morgan fingerprint density at radius 2 is 1.64 bits per heavy atom. The second-order valence-corrected chi connectivity index (χ2v) is 6.36. The number of carbonyl (C=O) groups is 2. The van der Waals surface area contributed by atoms with Crippen LogP contribution in [0.5, 0.6) is 5.75 Å². The summed E-state index contributed by atoms with van der Waals surface area (Å²) in [5, 5.41) is 5.64. The van der Waals surface area contributed by atoms with E-state index in [2.05, 4.69) is 15.6 Å². The molecule has 1 heterocycles. The molecule has 1 aromatic heterocycles. The molecule has 0 saturated heterocycles. The molecule has 2 aromatic carbocycles. The van der Waals surface area contributed by atoms with Gasteiger partial charge in [-0.25, -0.2) is 0 Å². The van der Waals surface area contributed by atoms with E-state index >= 15 is 0 Å². The Balaban J connectivity index is 1.78. The highest BCUT2D eigenvalue weighted by molar-refractivity contribution is 6.08. The van der Waals surface area contributed by atoms with Crippen LogP contribution >= 0.6 is 0 Å². The van der Waals surface area contributed by atoms with Gasteiger partial charge < -0.3 is 15.4 Å². The summed E-state index contributed by atoms with van der Waals surface area (Å²) in [5.41, 5.74) is 3.74. The average molecular weight is 375 g/mol. The van der Waals surface area contributed by atoms with Crippen molar-refractivity contribution in [3.63, 3.8) is 0 Å². The van der Waals surface area contributed by atoms with E-state index < -0.39 is 0 Å². The van der Waals surface area contributed by atoms with Crippen LogP contribution in [0.25, 0.3) is 0 Å². The van der Waals surface area contributed by atoms with E-state index in [0.717, 1.165) is 16.8 Å². The molecule has 0 bridgehead atoms. The second-order valence-electron chi connectivity index (χ2n) is 6.36. The van der Waals surface area contributed by atoms with Crippen LogP contribution in [0.2, 0.25) is 0 Å². The van der Waals surface area contributed by atoms with Gasteiger partial charge in [0.05, 0.1) is 12.8 Å². The van der Waals surface area contributed by atoms with Gasteiger partial charge in [-0.15, -0.1) is 0 Å². The molecular formula is C22H21N3O3. The number of pyridine rings is 1. The van der Waals surface area contributed by atoms with E-state index in [1.807, 2.05) is 38.1 Å². The molecule has 0 aliphatic rings. The number of hydrogen-bond donors (Lipinski definition) is 2. The lowest BCUT2D eigenvalue weighted by atomic mass is 10.1. The van der Waals surface area contributed by atoms with E-state index in [-0.39, 0.29) is 17.5 Å². The number of anilines is 2. The number of nitrogens with one attached hydrogen (secondary N) is 2. The third kappa shape index (κ3) is 4.35. The standard InChI is InChI=1S/C22H21N3O3/c1-14-8-9-15(2)18(12-14)25-22(27)19-13-16(10-11-23-19)21(26)24-17-6-4-5-7-20(17)28-3/h4-13H,1-3H3,(H,24,26)(H,25,27). The van der Waals surface area contributed by atoms with Crippen LogP contribution in [0.15, 0.2) is 60.8 Å². The molecule has 3 aromatic rings. The van der Waals surface area contributed by atoms with Gasteiger partial charge in [0.1, 0.15) is 11.4 Å². The van der Waals surface area contributed by atoms with Crippen molar-refractivity contribution in [1.82, 2.24) is 4.98 Å². The third-order valence-electron chi connectivity index (χ3n) is 4.25. The first-order valence-electron chi connectivity index (χ1n) is 8.77. The summed E-state index contributed by atoms with van der Waals surface area (Å²) in [6.07, 6.45) is 1.44. The fraction of sp³-hybridized carbons (Fsp3) is 0.136. The van der Waals surface area contributed by atoms with E-state index in [1.54, 1.807) is 24.3 Å². The lowest BCUT2D eigenvalue weighted by molar-refractivity contribution is 0.102. The lowest BCUT2D eigenvalue weighted by Gasteiger charge is -2.11. The highest BCUT2D eigenvalue weighted by Gasteiger charge is 2.14. The van der Waals surface area contributed by atoms with Crippen LogP contribution in [0.4, 0.5) is 11.4 Å². The Labute approximate surface area is 163 Å². The van der Waals surface area contributed by atoms with Crippen LogP contribution in [-0.2, 0) is 0 Å². The number of benzene rings is 2. The van der Waals surface area contributed by atoms with E-state index in [1.165, 1.54) is 19.4 Å². The van der Waals surface area contributed by atoms with Crippen molar-refractivity contribution >= 4 is 23.2 Å². The molecule has 142 valence electrons. The number of rotatable bonds is 5. The number of hydrogen-bond acceptors (Lipinski definition) is 4. The number of ether oxygens (including phenoxy) is 1. The summed E-state index contributed by atoms with van der Waals surface area (Å²) < 4.78 is 5.24. The van der Waals surface area contributed by atoms with Gasteiger partial charge in [-0.1, -0.05) is 24.3 Å². The molecule has 0 spiro atoms. The van der Waals surface area contributed by atoms with Crippen LogP contribution in [0.3, 0.4) is 0 Å². The molecule has 0 atom stereocenters. The summed E-state index contributed by atoms with van der Waals surface area (Å²) >= 11 is 0. The molecule has 2 N–H and O–H groups in total. The molecule has 6 heteroatoms. The molecule has 0 saturated carbocycles. The maximum Gasteiger partial charge on any atom is 0.274 e. The Morgan fingerprint density at radius 1 is 0.893 bits per heavy atom. The van der Waals surface area contributed by atoms with Crippen molar-refractivity contribution in [3.05, 3.63) is 83.2 Å². The summed E-state index contributed by atoms with van der Waals surface area (Å²) in [6.45, 7) is 3.87. The molecule has 0 unspecified atom stereocenters. The van der Waals surface area contributed by atoms with Gasteiger partial charge in [-0.2, -0.15) is 0 Å². The van der Waals surface area contributed by atoms with Crippen molar-refractivity contribution in [2.45, 2.75) is 13.8 Å². The van der Waals surface area contributed by atoms with Crippen molar-refractivity contribution in [2.24, 2.45) is 0 Å². The molecule has 28 heavy (non-hydrogen) atoms. The van der Waals surface area contributed by atoms with Crippen molar-refractivity contribution in [2.75, 3.05) is 17.7 Å². The molecule has 0 radical (unpaired) electrons. The molecular weight excluding hydrogens is 354 g/mol. The minimum atomic E-state index is -0.374. The van der Waals surface area contributed by atoms with Gasteiger partial charge in [0.25, 0.3) is 11.8 Å². The van der Waals surface area contributed by atoms with Crippen LogP contribution in [0.1, 0.15) is 32.0 Å². The molecule has 0 aliphatic heterocycles. The monoisotopic (exact) mass is 375 g/mol. The average Bonchev–Trinajstić information content (AvgIpc) is 2.71. The van der Waals surface area contributed by atoms with E-state index in [9.17, 15) is 9.59 Å². The maximum absolute atomic E-state index is 12.6. The predicted octanol–water partition coefficient (Wildman–Crippen LogP) is 4.21. The van der Waals surface area contributed by atoms with Crippen molar-refractivity contribution < 1.29 is 14.3 Å². The molecule has 2 amide bonds. The van der Waals surface area contributed by atoms with Crippen LogP contribution in [-0.4, -0.2) is 23.9 Å². The van der Waals surface area contributed by atoms with Gasteiger partial charge in [0.2, 0.25) is 0 Å². The third-order valence-corrected chi connectivity index (χ3v) is 4.25. The minimum Gasteiger partial charge on any atom is -0.495 e. The number of para-hydroxylation sites is 2. The number of carbonyl (C=O) groups excluding carboxylic acids is 2. The number of methoxy groups -OCH3 is 1. The molecule has 0 aliphatic carbocycles. The Kier molecular flexibility index (Phi) is 5.69. The van der Waals surface area contributed by atoms with Gasteiger partial charge in [-0.05, 0) is 55.3 Å². The van der Waals surface area contributed by atoms with Crippen molar-refractivity contribution in [1.29, 1.82) is 0 Å². The topological polar surface area (TPSA) is 80.3 Å². The normalized spacial score (nSPS) is 10.2. The largest absolute Gasteiger partial charge is 0.495 e. The first kappa shape index (κ1) is 19.1. The highest BCUT2D eigenvalue weighted by Crippen LogP contribution is 2.24. The SMILES string of the molecule is COc1ccccc1NC(=O)c1ccnc(C(=O)Nc2cc(C)ccc2C)c1. The molecule has 3 rings (SSSR count). The van der Waals surface area contributed by atoms with Gasteiger partial charge >= 0.3 is 0 Å². The van der Waals surface area contributed by atoms with Crippen molar-refractivity contribution in [3.8, 4) is 5.75 Å². The van der Waals surface area contributed by atoms with Crippen LogP contribution in [0, 0.1) is 13.8 Å². The number of nitrogens with zero attached hydrogens (tertiary/aromatic N) is 1. The molecule has 0 fully saturated rings. The lowest BCUT2D eigenvalue weighted by Crippen LogP contribution is -2.17. The first-order valence-corrected chi connectivity index (χ1v) is 8.77. The fourth-order valence-corrected chi connectivity index (χ4v) is 2.70. The Morgan fingerprint density at radius 3 is 2.43 bits per heavy atom. The summed E-state index contributed by atoms with van der Waals surface area (Å²) in [4.78, 5) is 29.3. The summed E-state index contributed by atoms with van der Waals surface area (Å²) in [6, 6.07) is 15.9. The highest BCUT2D eigenvalue weighted by atomic mass is 16.5. The number of aromatic nitrogens is 1. The van der Waals surface area contributed by atoms with E-state index in [4.69, 9.17) is 4.74 Å². The van der Waals surface area contributed by atoms with Crippen LogP contribution < -0.4 is 15.4 Å². The van der Waals surface area contributed by atoms with Gasteiger partial charge in [-0.3, -0.25) is 14.6 Å². The molecule has 6 nitrogen and oxygen atoms in total. The minimum absolute atomic E-state index is 0.161. The quantitative estimate of drug-likeness (QED) is 0.700. The number of aryl methyl sites for hydroxylation is 2. The zero-order valence-electron chi connectivity index (χ0n) is 15.9. The first-order chi connectivity index (χ1) is 13.5. The fourth-order valence-electron chi connectivity index (χ4n) is 2.70. The summed E-state index contributed by atoms with van der Waals surface area (Å²) in [5.74, 6) is -0.175. The Bertz CT molecular complexity index is 1030. The second kappa shape index (κ2) is 8.35. The zero-order valence-corrected chi connectivity index (χ0v) is 15.9. The Hall–Kier alpha value is -3.67. The van der Waals surface area contributed by atoms with Gasteiger partial charge in [0.15, 0.2) is 0 Å².